The molecule has 5 nitrogen and oxygen atoms in total. The van der Waals surface area contributed by atoms with Crippen LogP contribution in [0.4, 0.5) is 0 Å². The predicted octanol–water partition coefficient (Wildman–Crippen LogP) is 1.43. The Kier molecular flexibility index (Phi) is 3.93. The van der Waals surface area contributed by atoms with Crippen molar-refractivity contribution in [1.82, 2.24) is 4.98 Å². The quantitative estimate of drug-likeness (QED) is 0.741. The van der Waals surface area contributed by atoms with Crippen molar-refractivity contribution in [3.8, 4) is 5.88 Å². The summed E-state index contributed by atoms with van der Waals surface area (Å²) in [6.45, 7) is 1.07. The number of esters is 1. The van der Waals surface area contributed by atoms with E-state index in [0.717, 1.165) is 19.4 Å². The monoisotopic (exact) mass is 237 g/mol. The Balaban J connectivity index is 1.85. The SMILES string of the molecule is COc1ccc(C(=O)OCC2CCCO2)cn1. The van der Waals surface area contributed by atoms with Crippen molar-refractivity contribution < 1.29 is 19.0 Å². The maximum Gasteiger partial charge on any atom is 0.339 e. The Morgan fingerprint density at radius 2 is 2.47 bits per heavy atom. The van der Waals surface area contributed by atoms with Crippen molar-refractivity contribution in [3.63, 3.8) is 0 Å². The zero-order chi connectivity index (χ0) is 12.1. The minimum atomic E-state index is -0.379. The topological polar surface area (TPSA) is 57.7 Å². The van der Waals surface area contributed by atoms with Crippen molar-refractivity contribution in [3.05, 3.63) is 23.9 Å². The summed E-state index contributed by atoms with van der Waals surface area (Å²) < 4.78 is 15.4. The van der Waals surface area contributed by atoms with Gasteiger partial charge in [0.15, 0.2) is 0 Å². The van der Waals surface area contributed by atoms with Crippen LogP contribution < -0.4 is 4.74 Å². The lowest BCUT2D eigenvalue weighted by atomic mass is 10.2. The van der Waals surface area contributed by atoms with E-state index in [1.165, 1.54) is 13.3 Å². The molecule has 2 heterocycles. The Labute approximate surface area is 99.7 Å². The fourth-order valence-electron chi connectivity index (χ4n) is 1.65. The van der Waals surface area contributed by atoms with Gasteiger partial charge >= 0.3 is 5.97 Å². The maximum atomic E-state index is 11.6. The van der Waals surface area contributed by atoms with Crippen LogP contribution in [0.3, 0.4) is 0 Å². The highest BCUT2D eigenvalue weighted by molar-refractivity contribution is 5.89. The number of methoxy groups -OCH3 is 1. The Hall–Kier alpha value is -1.62. The standard InChI is InChI=1S/C12H15NO4/c1-15-11-5-4-9(7-13-11)12(14)17-8-10-3-2-6-16-10/h4-5,7,10H,2-3,6,8H2,1H3. The van der Waals surface area contributed by atoms with Gasteiger partial charge in [-0.15, -0.1) is 0 Å². The highest BCUT2D eigenvalue weighted by Crippen LogP contribution is 2.13. The van der Waals surface area contributed by atoms with Gasteiger partial charge in [0.25, 0.3) is 0 Å². The molecule has 0 aromatic carbocycles. The molecule has 1 unspecified atom stereocenters. The number of ether oxygens (including phenoxy) is 3. The first-order valence-electron chi connectivity index (χ1n) is 5.58. The van der Waals surface area contributed by atoms with Gasteiger partial charge < -0.3 is 14.2 Å². The summed E-state index contributed by atoms with van der Waals surface area (Å²) in [5.74, 6) is 0.0938. The van der Waals surface area contributed by atoms with E-state index in [1.54, 1.807) is 12.1 Å². The van der Waals surface area contributed by atoms with Gasteiger partial charge in [0.1, 0.15) is 6.61 Å². The number of hydrogen-bond acceptors (Lipinski definition) is 5. The van der Waals surface area contributed by atoms with Crippen molar-refractivity contribution in [1.29, 1.82) is 0 Å². The fraction of sp³-hybridized carbons (Fsp3) is 0.500. The molecule has 1 aliphatic heterocycles. The molecule has 1 aromatic heterocycles. The van der Waals surface area contributed by atoms with Crippen LogP contribution in [0.1, 0.15) is 23.2 Å². The van der Waals surface area contributed by atoms with Crippen LogP contribution >= 0.6 is 0 Å². The van der Waals surface area contributed by atoms with Crippen LogP contribution in [-0.2, 0) is 9.47 Å². The van der Waals surface area contributed by atoms with Crippen LogP contribution in [-0.4, -0.2) is 37.4 Å². The van der Waals surface area contributed by atoms with E-state index in [9.17, 15) is 4.79 Å². The zero-order valence-corrected chi connectivity index (χ0v) is 9.72. The molecule has 0 bridgehead atoms. The molecule has 17 heavy (non-hydrogen) atoms. The van der Waals surface area contributed by atoms with Crippen LogP contribution in [0, 0.1) is 0 Å². The number of rotatable bonds is 4. The molecule has 0 radical (unpaired) electrons. The van der Waals surface area contributed by atoms with E-state index in [2.05, 4.69) is 4.98 Å². The third-order valence-corrected chi connectivity index (χ3v) is 2.61. The largest absolute Gasteiger partial charge is 0.481 e. The number of hydrogen-bond donors (Lipinski definition) is 0. The first kappa shape index (κ1) is 11.9. The predicted molar refractivity (Wildman–Crippen MR) is 60.0 cm³/mol. The second kappa shape index (κ2) is 5.63. The van der Waals surface area contributed by atoms with Crippen molar-refractivity contribution in [2.75, 3.05) is 20.3 Å². The molecule has 1 aromatic rings. The number of aromatic nitrogens is 1. The summed E-state index contributed by atoms with van der Waals surface area (Å²) in [5.41, 5.74) is 0.420. The second-order valence-electron chi connectivity index (χ2n) is 3.82. The van der Waals surface area contributed by atoms with Gasteiger partial charge in [-0.1, -0.05) is 0 Å². The second-order valence-corrected chi connectivity index (χ2v) is 3.82. The molecule has 92 valence electrons. The molecule has 0 saturated carbocycles. The van der Waals surface area contributed by atoms with Gasteiger partial charge in [0.05, 0.1) is 18.8 Å². The molecule has 1 saturated heterocycles. The molecule has 0 amide bonds. The maximum absolute atomic E-state index is 11.6. The first-order chi connectivity index (χ1) is 8.29. The Morgan fingerprint density at radius 3 is 3.06 bits per heavy atom. The summed E-state index contributed by atoms with van der Waals surface area (Å²) in [4.78, 5) is 15.6. The van der Waals surface area contributed by atoms with Gasteiger partial charge in [-0.2, -0.15) is 0 Å². The van der Waals surface area contributed by atoms with Crippen molar-refractivity contribution in [2.45, 2.75) is 18.9 Å². The number of carbonyl (C=O) groups excluding carboxylic acids is 1. The van der Waals surface area contributed by atoms with Gasteiger partial charge in [0, 0.05) is 18.9 Å². The van der Waals surface area contributed by atoms with Crippen LogP contribution in [0.15, 0.2) is 18.3 Å². The van der Waals surface area contributed by atoms with Crippen LogP contribution in [0.25, 0.3) is 0 Å². The summed E-state index contributed by atoms with van der Waals surface area (Å²) >= 11 is 0. The smallest absolute Gasteiger partial charge is 0.339 e. The van der Waals surface area contributed by atoms with E-state index in [0.29, 0.717) is 18.1 Å². The zero-order valence-electron chi connectivity index (χ0n) is 9.72. The summed E-state index contributed by atoms with van der Waals surface area (Å²) in [5, 5.41) is 0. The van der Waals surface area contributed by atoms with Crippen LogP contribution in [0.2, 0.25) is 0 Å². The van der Waals surface area contributed by atoms with Gasteiger partial charge in [-0.05, 0) is 18.9 Å². The molecule has 1 fully saturated rings. The molecule has 0 aliphatic carbocycles. The van der Waals surface area contributed by atoms with Crippen molar-refractivity contribution in [2.24, 2.45) is 0 Å². The van der Waals surface area contributed by atoms with Gasteiger partial charge in [0.2, 0.25) is 5.88 Å². The van der Waals surface area contributed by atoms with E-state index >= 15 is 0 Å². The van der Waals surface area contributed by atoms with Crippen molar-refractivity contribution >= 4 is 5.97 Å². The minimum Gasteiger partial charge on any atom is -0.481 e. The normalized spacial score (nSPS) is 19.0. The minimum absolute atomic E-state index is 0.0464. The molecular formula is C12H15NO4. The highest BCUT2D eigenvalue weighted by Gasteiger charge is 2.18. The van der Waals surface area contributed by atoms with E-state index in [4.69, 9.17) is 14.2 Å². The molecule has 2 rings (SSSR count). The van der Waals surface area contributed by atoms with Gasteiger partial charge in [-0.25, -0.2) is 9.78 Å². The summed E-state index contributed by atoms with van der Waals surface area (Å²) in [7, 11) is 1.53. The summed E-state index contributed by atoms with van der Waals surface area (Å²) in [6, 6.07) is 3.26. The Morgan fingerprint density at radius 1 is 1.59 bits per heavy atom. The molecule has 1 aliphatic rings. The molecule has 0 N–H and O–H groups in total. The lowest BCUT2D eigenvalue weighted by Crippen LogP contribution is -2.17. The average Bonchev–Trinajstić information content (AvgIpc) is 2.89. The van der Waals surface area contributed by atoms with E-state index in [1.807, 2.05) is 0 Å². The van der Waals surface area contributed by atoms with E-state index in [-0.39, 0.29) is 12.1 Å². The lowest BCUT2D eigenvalue weighted by molar-refractivity contribution is 0.0161. The number of nitrogens with zero attached hydrogens (tertiary/aromatic N) is 1. The van der Waals surface area contributed by atoms with Crippen LogP contribution in [0.5, 0.6) is 5.88 Å². The van der Waals surface area contributed by atoms with E-state index < -0.39 is 0 Å². The molecule has 0 spiro atoms. The fourth-order valence-corrected chi connectivity index (χ4v) is 1.65. The first-order valence-corrected chi connectivity index (χ1v) is 5.58. The third-order valence-electron chi connectivity index (χ3n) is 2.61. The molecule has 1 atom stereocenters. The average molecular weight is 237 g/mol. The number of pyridine rings is 1. The van der Waals surface area contributed by atoms with Gasteiger partial charge in [-0.3, -0.25) is 0 Å². The lowest BCUT2D eigenvalue weighted by Gasteiger charge is -2.10. The number of carbonyl (C=O) groups is 1. The molecule has 5 heteroatoms. The highest BCUT2D eigenvalue weighted by atomic mass is 16.6. The summed E-state index contributed by atoms with van der Waals surface area (Å²) in [6.07, 6.45) is 3.47. The third kappa shape index (κ3) is 3.17. The molecular weight excluding hydrogens is 222 g/mol. The Bertz CT molecular complexity index is 371.